The third-order valence-corrected chi connectivity index (χ3v) is 6.06. The molecule has 1 aliphatic carbocycles. The molecule has 0 aliphatic heterocycles. The molecule has 0 amide bonds. The number of aryl methyl sites for hydroxylation is 1. The largest absolute Gasteiger partial charge is 0.491 e. The highest BCUT2D eigenvalue weighted by Crippen LogP contribution is 2.33. The monoisotopic (exact) mass is 384 g/mol. The first-order valence-electron chi connectivity index (χ1n) is 10.9. The Hall–Kier alpha value is -1.97. The lowest BCUT2D eigenvalue weighted by Gasteiger charge is -2.27. The van der Waals surface area contributed by atoms with Crippen LogP contribution in [-0.4, -0.2) is 16.8 Å². The number of benzene rings is 1. The van der Waals surface area contributed by atoms with E-state index < -0.39 is 0 Å². The van der Waals surface area contributed by atoms with Gasteiger partial charge in [0.25, 0.3) is 0 Å². The molecule has 1 aromatic carbocycles. The second-order valence-corrected chi connectivity index (χ2v) is 8.09. The van der Waals surface area contributed by atoms with Crippen LogP contribution in [0.1, 0.15) is 70.9 Å². The van der Waals surface area contributed by atoms with Crippen LogP contribution in [-0.2, 0) is 6.42 Å². The van der Waals surface area contributed by atoms with Crippen molar-refractivity contribution in [3.05, 3.63) is 41.8 Å². The Bertz CT molecular complexity index is 724. The predicted octanol–water partition coefficient (Wildman–Crippen LogP) is 6.61. The predicted molar refractivity (Wildman–Crippen MR) is 112 cm³/mol. The van der Waals surface area contributed by atoms with Crippen molar-refractivity contribution in [2.75, 3.05) is 6.61 Å². The maximum absolute atomic E-state index is 14.2. The summed E-state index contributed by atoms with van der Waals surface area (Å²) in [6.07, 6.45) is 10.9. The standard InChI is InChI=1S/C24H33FN2O/c1-3-5-16-28-24-15-11-20(17-22(24)25)23-14-13-21(26-27-23)12-10-19-8-6-18(4-2)7-9-19/h11,13-15,17-19H,3-10,12,16H2,1-2H3. The van der Waals surface area contributed by atoms with Gasteiger partial charge in [-0.25, -0.2) is 4.39 Å². The van der Waals surface area contributed by atoms with Gasteiger partial charge in [0.15, 0.2) is 11.6 Å². The quantitative estimate of drug-likeness (QED) is 0.456. The van der Waals surface area contributed by atoms with Crippen LogP contribution in [0.3, 0.4) is 0 Å². The van der Waals surface area contributed by atoms with E-state index in [9.17, 15) is 4.39 Å². The molecule has 1 fully saturated rings. The van der Waals surface area contributed by atoms with Gasteiger partial charge in [-0.2, -0.15) is 10.2 Å². The van der Waals surface area contributed by atoms with Gasteiger partial charge in [0, 0.05) is 5.56 Å². The minimum absolute atomic E-state index is 0.305. The molecule has 0 N–H and O–H groups in total. The molecule has 0 unspecified atom stereocenters. The van der Waals surface area contributed by atoms with Crippen LogP contribution in [0.5, 0.6) is 5.75 Å². The summed E-state index contributed by atoms with van der Waals surface area (Å²) < 4.78 is 19.7. The Morgan fingerprint density at radius 2 is 1.79 bits per heavy atom. The molecular formula is C24H33FN2O. The third kappa shape index (κ3) is 5.76. The van der Waals surface area contributed by atoms with E-state index in [0.717, 1.165) is 42.4 Å². The third-order valence-electron chi connectivity index (χ3n) is 6.06. The van der Waals surface area contributed by atoms with Crippen molar-refractivity contribution in [1.82, 2.24) is 10.2 Å². The number of halogens is 1. The lowest BCUT2D eigenvalue weighted by molar-refractivity contribution is 0.258. The summed E-state index contributed by atoms with van der Waals surface area (Å²) in [6, 6.07) is 8.99. The molecular weight excluding hydrogens is 351 g/mol. The van der Waals surface area contributed by atoms with Crippen LogP contribution in [0, 0.1) is 17.7 Å². The molecule has 1 aliphatic rings. The van der Waals surface area contributed by atoms with E-state index in [1.165, 1.54) is 44.6 Å². The second-order valence-electron chi connectivity index (χ2n) is 8.09. The zero-order valence-corrected chi connectivity index (χ0v) is 17.3. The van der Waals surface area contributed by atoms with Crippen molar-refractivity contribution in [3.8, 4) is 17.0 Å². The first-order chi connectivity index (χ1) is 13.7. The molecule has 0 radical (unpaired) electrons. The fourth-order valence-corrected chi connectivity index (χ4v) is 4.03. The molecule has 2 aromatic rings. The van der Waals surface area contributed by atoms with Gasteiger partial charge in [-0.3, -0.25) is 0 Å². The lowest BCUT2D eigenvalue weighted by Crippen LogP contribution is -2.14. The maximum Gasteiger partial charge on any atom is 0.165 e. The number of nitrogens with zero attached hydrogens (tertiary/aromatic N) is 2. The average molecular weight is 385 g/mol. The second kappa shape index (κ2) is 10.5. The smallest absolute Gasteiger partial charge is 0.165 e. The van der Waals surface area contributed by atoms with Crippen LogP contribution in [0.4, 0.5) is 4.39 Å². The summed E-state index contributed by atoms with van der Waals surface area (Å²) in [5.41, 5.74) is 2.46. The average Bonchev–Trinajstić information content (AvgIpc) is 2.74. The Labute approximate surface area is 168 Å². The summed E-state index contributed by atoms with van der Waals surface area (Å²) in [6.45, 7) is 4.93. The van der Waals surface area contributed by atoms with Crippen molar-refractivity contribution in [2.45, 2.75) is 71.6 Å². The van der Waals surface area contributed by atoms with Crippen LogP contribution in [0.25, 0.3) is 11.3 Å². The fraction of sp³-hybridized carbons (Fsp3) is 0.583. The minimum atomic E-state index is -0.345. The van der Waals surface area contributed by atoms with Gasteiger partial charge in [-0.05, 0) is 61.4 Å². The summed E-state index contributed by atoms with van der Waals surface area (Å²) in [5, 5.41) is 8.71. The van der Waals surface area contributed by atoms with E-state index in [4.69, 9.17) is 4.74 Å². The topological polar surface area (TPSA) is 35.0 Å². The number of unbranched alkanes of at least 4 members (excludes halogenated alkanes) is 1. The molecule has 1 saturated carbocycles. The molecule has 28 heavy (non-hydrogen) atoms. The van der Waals surface area contributed by atoms with Gasteiger partial charge < -0.3 is 4.74 Å². The van der Waals surface area contributed by atoms with E-state index in [1.807, 2.05) is 18.2 Å². The molecule has 152 valence electrons. The summed E-state index contributed by atoms with van der Waals surface area (Å²) in [5.74, 6) is 1.74. The zero-order chi connectivity index (χ0) is 19.8. The van der Waals surface area contributed by atoms with E-state index in [-0.39, 0.29) is 5.82 Å². The molecule has 1 heterocycles. The summed E-state index contributed by atoms with van der Waals surface area (Å²) in [4.78, 5) is 0. The first kappa shape index (κ1) is 20.8. The van der Waals surface area contributed by atoms with Gasteiger partial charge in [0.1, 0.15) is 0 Å². The number of hydrogen-bond donors (Lipinski definition) is 0. The highest BCUT2D eigenvalue weighted by atomic mass is 19.1. The van der Waals surface area contributed by atoms with E-state index in [2.05, 4.69) is 24.0 Å². The molecule has 3 rings (SSSR count). The highest BCUT2D eigenvalue weighted by Gasteiger charge is 2.19. The molecule has 1 aromatic heterocycles. The molecule has 0 spiro atoms. The van der Waals surface area contributed by atoms with Crippen LogP contribution in [0.15, 0.2) is 30.3 Å². The van der Waals surface area contributed by atoms with Crippen molar-refractivity contribution in [3.63, 3.8) is 0 Å². The number of hydrogen-bond acceptors (Lipinski definition) is 3. The SMILES string of the molecule is CCCCOc1ccc(-c2ccc(CCC3CCC(CC)CC3)nn2)cc1F. The van der Waals surface area contributed by atoms with Gasteiger partial charge in [0.05, 0.1) is 18.0 Å². The van der Waals surface area contributed by atoms with Crippen molar-refractivity contribution >= 4 is 0 Å². The van der Waals surface area contributed by atoms with E-state index in [0.29, 0.717) is 18.1 Å². The molecule has 0 bridgehead atoms. The molecule has 0 saturated heterocycles. The van der Waals surface area contributed by atoms with E-state index in [1.54, 1.807) is 6.07 Å². The molecule has 0 atom stereocenters. The van der Waals surface area contributed by atoms with Gasteiger partial charge in [-0.1, -0.05) is 52.4 Å². The van der Waals surface area contributed by atoms with Crippen molar-refractivity contribution in [1.29, 1.82) is 0 Å². The lowest BCUT2D eigenvalue weighted by atomic mass is 9.79. The summed E-state index contributed by atoms with van der Waals surface area (Å²) in [7, 11) is 0. The Kier molecular flexibility index (Phi) is 7.81. The van der Waals surface area contributed by atoms with Crippen LogP contribution < -0.4 is 4.74 Å². The Morgan fingerprint density at radius 3 is 2.43 bits per heavy atom. The van der Waals surface area contributed by atoms with Gasteiger partial charge >= 0.3 is 0 Å². The number of ether oxygens (including phenoxy) is 1. The summed E-state index contributed by atoms with van der Waals surface area (Å²) >= 11 is 0. The normalized spacial score (nSPS) is 19.5. The van der Waals surface area contributed by atoms with Gasteiger partial charge in [0.2, 0.25) is 0 Å². The van der Waals surface area contributed by atoms with E-state index >= 15 is 0 Å². The highest BCUT2D eigenvalue weighted by molar-refractivity contribution is 5.59. The van der Waals surface area contributed by atoms with Crippen LogP contribution >= 0.6 is 0 Å². The number of aromatic nitrogens is 2. The molecule has 3 nitrogen and oxygen atoms in total. The minimum Gasteiger partial charge on any atom is -0.491 e. The Morgan fingerprint density at radius 1 is 1.00 bits per heavy atom. The number of rotatable bonds is 9. The van der Waals surface area contributed by atoms with Gasteiger partial charge in [-0.15, -0.1) is 0 Å². The van der Waals surface area contributed by atoms with Crippen molar-refractivity contribution in [2.24, 2.45) is 11.8 Å². The molecule has 4 heteroatoms. The van der Waals surface area contributed by atoms with Crippen LogP contribution in [0.2, 0.25) is 0 Å². The first-order valence-corrected chi connectivity index (χ1v) is 10.9. The fourth-order valence-electron chi connectivity index (χ4n) is 4.03. The van der Waals surface area contributed by atoms with Crippen molar-refractivity contribution < 1.29 is 9.13 Å². The Balaban J connectivity index is 1.53. The zero-order valence-electron chi connectivity index (χ0n) is 17.3. The maximum atomic E-state index is 14.2.